The number of para-hydroxylation sites is 1. The number of carbonyl (C=O) groups is 2. The fourth-order valence-electron chi connectivity index (χ4n) is 5.03. The number of rotatable bonds is 17. The van der Waals surface area contributed by atoms with E-state index in [0.29, 0.717) is 30.2 Å². The van der Waals surface area contributed by atoms with Gasteiger partial charge in [-0.05, 0) is 25.0 Å². The minimum Gasteiger partial charge on any atom is -0.402 e. The standard InChI is InChI=1S/C32H47N7O3/c1-6-8-10-12-14-18-22-38(23-19-15-13-11-9-7-2)32(41)42-31-27(34-3)26(30(40)37(4)5)29-35-28(36-39(29)31)24-20-16-17-21-25(24)33/h16-17,20-21H,6-15,18-19,22-23,33H2,1-2,4-5H3,(H,35,36). The predicted molar refractivity (Wildman–Crippen MR) is 168 cm³/mol. The summed E-state index contributed by atoms with van der Waals surface area (Å²) in [7, 11) is 3.22. The topological polar surface area (TPSA) is 113 Å². The fourth-order valence-corrected chi connectivity index (χ4v) is 5.03. The van der Waals surface area contributed by atoms with Crippen LogP contribution < -0.4 is 10.5 Å². The third kappa shape index (κ3) is 8.28. The Kier molecular flexibility index (Phi) is 12.7. The first-order chi connectivity index (χ1) is 20.3. The van der Waals surface area contributed by atoms with Crippen LogP contribution in [0.1, 0.15) is 101 Å². The number of fused-ring (bicyclic) bond motifs is 1. The summed E-state index contributed by atoms with van der Waals surface area (Å²) in [6, 6.07) is 7.23. The number of aromatic amines is 1. The average molecular weight is 578 g/mol. The largest absolute Gasteiger partial charge is 0.415 e. The molecule has 0 saturated carbocycles. The molecule has 3 aromatic rings. The minimum absolute atomic E-state index is 0.0423. The van der Waals surface area contributed by atoms with E-state index in [1.165, 1.54) is 47.9 Å². The second kappa shape index (κ2) is 16.4. The highest BCUT2D eigenvalue weighted by Gasteiger charge is 2.31. The molecule has 0 aliphatic carbocycles. The van der Waals surface area contributed by atoms with E-state index in [2.05, 4.69) is 28.8 Å². The van der Waals surface area contributed by atoms with Crippen molar-refractivity contribution in [3.63, 3.8) is 0 Å². The molecule has 0 aliphatic rings. The van der Waals surface area contributed by atoms with Crippen LogP contribution in [0.25, 0.3) is 21.9 Å². The van der Waals surface area contributed by atoms with Crippen LogP contribution in [-0.4, -0.2) is 63.6 Å². The Morgan fingerprint density at radius 2 is 1.52 bits per heavy atom. The molecule has 0 atom stereocenters. The van der Waals surface area contributed by atoms with Crippen LogP contribution in [0.2, 0.25) is 0 Å². The Morgan fingerprint density at radius 1 is 0.952 bits per heavy atom. The lowest BCUT2D eigenvalue weighted by Gasteiger charge is -2.22. The van der Waals surface area contributed by atoms with Gasteiger partial charge in [-0.3, -0.25) is 9.89 Å². The SMILES string of the molecule is [C-]#[N+]c1c(C(=O)N(C)C)c2nc(-c3ccccc3N)[nH]n2c1OC(=O)N(CCCCCCCC)CCCCCCCC. The summed E-state index contributed by atoms with van der Waals surface area (Å²) >= 11 is 0. The minimum atomic E-state index is -0.527. The monoisotopic (exact) mass is 577 g/mol. The highest BCUT2D eigenvalue weighted by Crippen LogP contribution is 2.39. The maximum Gasteiger partial charge on any atom is 0.415 e. The molecule has 0 unspecified atom stereocenters. The van der Waals surface area contributed by atoms with E-state index in [0.717, 1.165) is 38.5 Å². The molecule has 3 rings (SSSR count). The number of benzene rings is 1. The van der Waals surface area contributed by atoms with Crippen molar-refractivity contribution in [2.24, 2.45) is 0 Å². The molecule has 0 aliphatic heterocycles. The summed E-state index contributed by atoms with van der Waals surface area (Å²) in [5.41, 5.74) is 7.56. The number of carbonyl (C=O) groups excluding carboxylic acids is 2. The van der Waals surface area contributed by atoms with Gasteiger partial charge in [0.05, 0.1) is 12.1 Å². The van der Waals surface area contributed by atoms with Gasteiger partial charge in [-0.25, -0.2) is 19.1 Å². The first kappa shape index (κ1) is 32.5. The zero-order chi connectivity index (χ0) is 30.5. The third-order valence-corrected chi connectivity index (χ3v) is 7.47. The first-order valence-corrected chi connectivity index (χ1v) is 15.4. The number of amides is 2. The smallest absolute Gasteiger partial charge is 0.402 e. The zero-order valence-corrected chi connectivity index (χ0v) is 25.7. The molecule has 3 N–H and O–H groups in total. The number of nitrogen functional groups attached to an aromatic ring is 1. The molecule has 0 bridgehead atoms. The molecule has 2 amide bonds. The molecule has 0 fully saturated rings. The van der Waals surface area contributed by atoms with Crippen LogP contribution >= 0.6 is 0 Å². The molecule has 228 valence electrons. The molecule has 2 aromatic heterocycles. The van der Waals surface area contributed by atoms with E-state index >= 15 is 0 Å². The maximum absolute atomic E-state index is 13.6. The lowest BCUT2D eigenvalue weighted by molar-refractivity contribution is 0.0830. The van der Waals surface area contributed by atoms with Gasteiger partial charge in [-0.15, -0.1) is 0 Å². The summed E-state index contributed by atoms with van der Waals surface area (Å²) in [6.07, 6.45) is 12.9. The van der Waals surface area contributed by atoms with Gasteiger partial charge in [0.25, 0.3) is 5.69 Å². The van der Waals surface area contributed by atoms with E-state index < -0.39 is 12.0 Å². The lowest BCUT2D eigenvalue weighted by Crippen LogP contribution is -2.35. The van der Waals surface area contributed by atoms with Gasteiger partial charge in [0.1, 0.15) is 0 Å². The van der Waals surface area contributed by atoms with Crippen molar-refractivity contribution in [1.29, 1.82) is 0 Å². The van der Waals surface area contributed by atoms with Crippen LogP contribution in [-0.2, 0) is 0 Å². The lowest BCUT2D eigenvalue weighted by atomic mass is 10.1. The number of anilines is 1. The van der Waals surface area contributed by atoms with Gasteiger partial charge in [0.15, 0.2) is 11.5 Å². The van der Waals surface area contributed by atoms with Crippen molar-refractivity contribution >= 4 is 29.0 Å². The van der Waals surface area contributed by atoms with E-state index in [-0.39, 0.29) is 22.8 Å². The van der Waals surface area contributed by atoms with Crippen LogP contribution in [0.15, 0.2) is 24.3 Å². The van der Waals surface area contributed by atoms with Gasteiger partial charge in [0.2, 0.25) is 11.8 Å². The predicted octanol–water partition coefficient (Wildman–Crippen LogP) is 7.69. The van der Waals surface area contributed by atoms with Gasteiger partial charge in [0, 0.05) is 38.4 Å². The van der Waals surface area contributed by atoms with Crippen molar-refractivity contribution in [2.75, 3.05) is 32.9 Å². The number of nitrogens with zero attached hydrogens (tertiary/aromatic N) is 5. The van der Waals surface area contributed by atoms with Crippen LogP contribution in [0, 0.1) is 6.57 Å². The second-order valence-corrected chi connectivity index (χ2v) is 11.0. The van der Waals surface area contributed by atoms with Crippen LogP contribution in [0.3, 0.4) is 0 Å². The van der Waals surface area contributed by atoms with E-state index in [9.17, 15) is 9.59 Å². The normalized spacial score (nSPS) is 11.0. The van der Waals surface area contributed by atoms with Gasteiger partial charge >= 0.3 is 6.09 Å². The zero-order valence-electron chi connectivity index (χ0n) is 25.7. The molecule has 10 nitrogen and oxygen atoms in total. The van der Waals surface area contributed by atoms with E-state index in [1.54, 1.807) is 25.1 Å². The first-order valence-electron chi connectivity index (χ1n) is 15.4. The third-order valence-electron chi connectivity index (χ3n) is 7.47. The summed E-state index contributed by atoms with van der Waals surface area (Å²) in [6.45, 7) is 13.5. The van der Waals surface area contributed by atoms with Crippen molar-refractivity contribution in [3.8, 4) is 17.3 Å². The Morgan fingerprint density at radius 3 is 2.07 bits per heavy atom. The van der Waals surface area contributed by atoms with Crippen molar-refractivity contribution in [3.05, 3.63) is 41.2 Å². The molecular weight excluding hydrogens is 530 g/mol. The summed E-state index contributed by atoms with van der Waals surface area (Å²) < 4.78 is 7.37. The highest BCUT2D eigenvalue weighted by atomic mass is 16.6. The maximum atomic E-state index is 13.6. The van der Waals surface area contributed by atoms with Crippen molar-refractivity contribution in [2.45, 2.75) is 90.9 Å². The quantitative estimate of drug-likeness (QED) is 0.0970. The number of aromatic nitrogens is 3. The Bertz CT molecular complexity index is 1340. The molecule has 42 heavy (non-hydrogen) atoms. The Hall–Kier alpha value is -4.00. The molecule has 1 aromatic carbocycles. The van der Waals surface area contributed by atoms with Crippen LogP contribution in [0.5, 0.6) is 5.88 Å². The van der Waals surface area contributed by atoms with Crippen LogP contribution in [0.4, 0.5) is 16.2 Å². The Balaban J connectivity index is 1.91. The van der Waals surface area contributed by atoms with Gasteiger partial charge in [-0.1, -0.05) is 90.2 Å². The number of nitrogens with one attached hydrogen (secondary N) is 1. The summed E-state index contributed by atoms with van der Waals surface area (Å²) in [5, 5.41) is 3.11. The van der Waals surface area contributed by atoms with E-state index in [4.69, 9.17) is 17.0 Å². The molecule has 10 heteroatoms. The molecule has 2 heterocycles. The number of hydrogen-bond acceptors (Lipinski definition) is 5. The van der Waals surface area contributed by atoms with Gasteiger partial charge in [-0.2, -0.15) is 0 Å². The van der Waals surface area contributed by atoms with Crippen molar-refractivity contribution < 1.29 is 14.3 Å². The number of unbranched alkanes of at least 4 members (excludes halogenated alkanes) is 10. The average Bonchev–Trinajstić information content (AvgIpc) is 3.52. The number of ether oxygens (including phenoxy) is 1. The second-order valence-electron chi connectivity index (χ2n) is 11.0. The number of hydrogen-bond donors (Lipinski definition) is 2. The fraction of sp³-hybridized carbons (Fsp3) is 0.562. The van der Waals surface area contributed by atoms with Crippen molar-refractivity contribution in [1.82, 2.24) is 24.4 Å². The van der Waals surface area contributed by atoms with Gasteiger partial charge < -0.3 is 20.3 Å². The summed E-state index contributed by atoms with van der Waals surface area (Å²) in [5.74, 6) is -0.0454. The number of nitrogens with two attached hydrogens (primary N) is 1. The number of H-pyrrole nitrogens is 1. The summed E-state index contributed by atoms with van der Waals surface area (Å²) in [4.78, 5) is 38.2. The molecule has 0 radical (unpaired) electrons. The molecular formula is C32H47N7O3. The molecule has 0 saturated heterocycles. The molecule has 0 spiro atoms. The van der Waals surface area contributed by atoms with E-state index in [1.807, 2.05) is 18.2 Å². The highest BCUT2D eigenvalue weighted by molar-refractivity contribution is 6.07. The Labute approximate surface area is 250 Å².